The van der Waals surface area contributed by atoms with Crippen molar-refractivity contribution in [1.29, 1.82) is 0 Å². The second kappa shape index (κ2) is 9.82. The molecule has 9 heteroatoms. The molecular formula is C23H22ClN3O5. The van der Waals surface area contributed by atoms with Crippen LogP contribution >= 0.6 is 11.6 Å². The van der Waals surface area contributed by atoms with Crippen LogP contribution in [0.25, 0.3) is 11.4 Å². The molecule has 1 aliphatic rings. The van der Waals surface area contributed by atoms with Crippen LogP contribution in [0.4, 0.5) is 0 Å². The zero-order chi connectivity index (χ0) is 22.5. The zero-order valence-corrected chi connectivity index (χ0v) is 18.2. The van der Waals surface area contributed by atoms with Gasteiger partial charge in [0.2, 0.25) is 5.82 Å². The highest BCUT2D eigenvalue weighted by molar-refractivity contribution is 6.30. The number of amides is 1. The van der Waals surface area contributed by atoms with Crippen molar-refractivity contribution < 1.29 is 23.6 Å². The summed E-state index contributed by atoms with van der Waals surface area (Å²) in [6.45, 7) is 0.783. The monoisotopic (exact) mass is 455 g/mol. The van der Waals surface area contributed by atoms with Gasteiger partial charge >= 0.3 is 5.97 Å². The quantitative estimate of drug-likeness (QED) is 0.518. The third kappa shape index (κ3) is 5.08. The van der Waals surface area contributed by atoms with Gasteiger partial charge in [-0.05, 0) is 61.4 Å². The number of benzene rings is 2. The molecule has 8 nitrogen and oxygen atoms in total. The first kappa shape index (κ1) is 21.8. The molecule has 0 aliphatic carbocycles. The van der Waals surface area contributed by atoms with Crippen molar-refractivity contribution in [3.8, 4) is 17.1 Å². The second-order valence-corrected chi connectivity index (χ2v) is 7.88. The lowest BCUT2D eigenvalue weighted by atomic mass is 9.97. The van der Waals surface area contributed by atoms with Crippen LogP contribution in [0.3, 0.4) is 0 Å². The Kier molecular flexibility index (Phi) is 6.70. The number of aromatic nitrogens is 2. The van der Waals surface area contributed by atoms with Gasteiger partial charge in [0.05, 0.1) is 13.0 Å². The van der Waals surface area contributed by atoms with Crippen molar-refractivity contribution in [2.75, 3.05) is 20.2 Å². The smallest absolute Gasteiger partial charge is 0.311 e. The molecule has 1 aliphatic heterocycles. The first-order chi connectivity index (χ1) is 15.5. The molecule has 0 spiro atoms. The van der Waals surface area contributed by atoms with E-state index in [1.165, 1.54) is 0 Å². The van der Waals surface area contributed by atoms with Gasteiger partial charge in [0.25, 0.3) is 11.8 Å². The minimum Gasteiger partial charge on any atom is -0.497 e. The van der Waals surface area contributed by atoms with Crippen molar-refractivity contribution >= 4 is 23.5 Å². The highest BCUT2D eigenvalue weighted by Gasteiger charge is 2.30. The third-order valence-corrected chi connectivity index (χ3v) is 5.54. The fraction of sp³-hybridized carbons (Fsp3) is 0.304. The van der Waals surface area contributed by atoms with Gasteiger partial charge in [-0.3, -0.25) is 9.59 Å². The maximum Gasteiger partial charge on any atom is 0.311 e. The molecule has 166 valence electrons. The predicted octanol–water partition coefficient (Wildman–Crippen LogP) is 3.99. The Hall–Kier alpha value is -3.39. The summed E-state index contributed by atoms with van der Waals surface area (Å²) in [5.41, 5.74) is 1.30. The Morgan fingerprint density at radius 1 is 1.16 bits per heavy atom. The number of piperidine rings is 1. The van der Waals surface area contributed by atoms with E-state index in [2.05, 4.69) is 10.1 Å². The third-order valence-electron chi connectivity index (χ3n) is 5.29. The molecule has 0 radical (unpaired) electrons. The minimum atomic E-state index is -0.399. The number of carbonyl (C=O) groups is 2. The van der Waals surface area contributed by atoms with E-state index in [4.69, 9.17) is 25.6 Å². The molecule has 2 heterocycles. The normalized spacial score (nSPS) is 15.9. The molecule has 1 fully saturated rings. The lowest BCUT2D eigenvalue weighted by molar-refractivity contribution is -0.152. The van der Waals surface area contributed by atoms with E-state index in [9.17, 15) is 9.59 Å². The topological polar surface area (TPSA) is 94.8 Å². The fourth-order valence-corrected chi connectivity index (χ4v) is 3.68. The maximum atomic E-state index is 12.7. The molecule has 0 N–H and O–H groups in total. The van der Waals surface area contributed by atoms with Crippen LogP contribution in [0.5, 0.6) is 5.75 Å². The van der Waals surface area contributed by atoms with Crippen molar-refractivity contribution in [2.24, 2.45) is 5.92 Å². The number of hydrogen-bond acceptors (Lipinski definition) is 7. The summed E-state index contributed by atoms with van der Waals surface area (Å²) in [6, 6.07) is 13.9. The van der Waals surface area contributed by atoms with Gasteiger partial charge in [-0.15, -0.1) is 0 Å². The fourth-order valence-electron chi connectivity index (χ4n) is 3.55. The van der Waals surface area contributed by atoms with Gasteiger partial charge in [-0.1, -0.05) is 16.8 Å². The molecule has 0 bridgehead atoms. The Morgan fingerprint density at radius 2 is 1.91 bits per heavy atom. The summed E-state index contributed by atoms with van der Waals surface area (Å²) >= 11 is 5.89. The van der Waals surface area contributed by atoms with Gasteiger partial charge in [0.1, 0.15) is 5.75 Å². The SMILES string of the molecule is COc1ccc(-c2noc(COC(=O)C3CCCN(C(=O)c4ccc(Cl)cc4)C3)n2)cc1. The molecule has 1 atom stereocenters. The molecule has 1 amide bonds. The van der Waals surface area contributed by atoms with Gasteiger partial charge < -0.3 is 18.9 Å². The van der Waals surface area contributed by atoms with Crippen LogP contribution in [0.1, 0.15) is 29.1 Å². The molecule has 4 rings (SSSR count). The van der Waals surface area contributed by atoms with E-state index < -0.39 is 5.92 Å². The lowest BCUT2D eigenvalue weighted by Gasteiger charge is -2.31. The van der Waals surface area contributed by atoms with Crippen molar-refractivity contribution in [2.45, 2.75) is 19.4 Å². The van der Waals surface area contributed by atoms with Crippen LogP contribution in [-0.2, 0) is 16.1 Å². The Bertz CT molecular complexity index is 1080. The Labute approximate surface area is 190 Å². The van der Waals surface area contributed by atoms with E-state index >= 15 is 0 Å². The van der Waals surface area contributed by atoms with Gasteiger partial charge in [-0.2, -0.15) is 4.98 Å². The summed E-state index contributed by atoms with van der Waals surface area (Å²) in [6.07, 6.45) is 1.38. The number of nitrogens with zero attached hydrogens (tertiary/aromatic N) is 3. The lowest BCUT2D eigenvalue weighted by Crippen LogP contribution is -2.42. The molecule has 3 aromatic rings. The van der Waals surface area contributed by atoms with Crippen LogP contribution in [0.2, 0.25) is 5.02 Å². The summed E-state index contributed by atoms with van der Waals surface area (Å²) in [4.78, 5) is 31.3. The number of rotatable bonds is 6. The van der Waals surface area contributed by atoms with E-state index in [1.54, 1.807) is 48.4 Å². The van der Waals surface area contributed by atoms with Crippen LogP contribution in [-0.4, -0.2) is 47.1 Å². The standard InChI is InChI=1S/C23H22ClN3O5/c1-30-19-10-6-15(7-11-19)21-25-20(32-26-21)14-31-23(29)17-3-2-12-27(13-17)22(28)16-4-8-18(24)9-5-16/h4-11,17H,2-3,12-14H2,1H3. The summed E-state index contributed by atoms with van der Waals surface area (Å²) in [5.74, 6) is 0.416. The number of halogens is 1. The molecule has 1 aromatic heterocycles. The summed E-state index contributed by atoms with van der Waals surface area (Å²) in [7, 11) is 1.59. The van der Waals surface area contributed by atoms with E-state index in [-0.39, 0.29) is 24.4 Å². The average molecular weight is 456 g/mol. The van der Waals surface area contributed by atoms with Crippen molar-refractivity contribution in [3.05, 3.63) is 65.0 Å². The Morgan fingerprint density at radius 3 is 2.62 bits per heavy atom. The summed E-state index contributed by atoms with van der Waals surface area (Å²) < 4.78 is 15.7. The van der Waals surface area contributed by atoms with E-state index in [0.29, 0.717) is 35.9 Å². The zero-order valence-electron chi connectivity index (χ0n) is 17.5. The molecule has 1 saturated heterocycles. The number of esters is 1. The molecule has 2 aromatic carbocycles. The van der Waals surface area contributed by atoms with E-state index in [0.717, 1.165) is 17.7 Å². The molecular weight excluding hydrogens is 434 g/mol. The highest BCUT2D eigenvalue weighted by Crippen LogP contribution is 2.22. The molecule has 32 heavy (non-hydrogen) atoms. The average Bonchev–Trinajstić information content (AvgIpc) is 3.32. The maximum absolute atomic E-state index is 12.7. The van der Waals surface area contributed by atoms with Crippen LogP contribution < -0.4 is 4.74 Å². The highest BCUT2D eigenvalue weighted by atomic mass is 35.5. The van der Waals surface area contributed by atoms with E-state index in [1.807, 2.05) is 12.1 Å². The second-order valence-electron chi connectivity index (χ2n) is 7.45. The van der Waals surface area contributed by atoms with Gasteiger partial charge in [0.15, 0.2) is 6.61 Å². The minimum absolute atomic E-state index is 0.121. The van der Waals surface area contributed by atoms with Crippen molar-refractivity contribution in [3.63, 3.8) is 0 Å². The number of ether oxygens (including phenoxy) is 2. The molecule has 1 unspecified atom stereocenters. The first-order valence-corrected chi connectivity index (χ1v) is 10.6. The number of likely N-dealkylation sites (tertiary alicyclic amines) is 1. The van der Waals surface area contributed by atoms with Crippen LogP contribution in [0.15, 0.2) is 53.1 Å². The van der Waals surface area contributed by atoms with Crippen molar-refractivity contribution in [1.82, 2.24) is 15.0 Å². The molecule has 0 saturated carbocycles. The number of carbonyl (C=O) groups excluding carboxylic acids is 2. The number of hydrogen-bond donors (Lipinski definition) is 0. The summed E-state index contributed by atoms with van der Waals surface area (Å²) in [5, 5.41) is 4.49. The largest absolute Gasteiger partial charge is 0.497 e. The van der Waals surface area contributed by atoms with Crippen LogP contribution in [0, 0.1) is 5.92 Å². The predicted molar refractivity (Wildman–Crippen MR) is 116 cm³/mol. The number of methoxy groups -OCH3 is 1. The first-order valence-electron chi connectivity index (χ1n) is 10.2. The Balaban J connectivity index is 1.32. The van der Waals surface area contributed by atoms with Gasteiger partial charge in [0, 0.05) is 29.2 Å². The van der Waals surface area contributed by atoms with Gasteiger partial charge in [-0.25, -0.2) is 0 Å².